The quantitative estimate of drug-likeness (QED) is 0.546. The lowest BCUT2D eigenvalue weighted by molar-refractivity contribution is 0.0375. The number of likely N-dealkylation sites (tertiary alicyclic amines) is 2. The number of rotatable bonds is 7. The molecule has 0 aliphatic carbocycles. The van der Waals surface area contributed by atoms with Crippen molar-refractivity contribution in [2.24, 2.45) is 0 Å². The SMILES string of the molecule is S=C(NCCCN1CCOCC1)N1CCCCC1CCN1CCCC1. The van der Waals surface area contributed by atoms with Gasteiger partial charge in [0.2, 0.25) is 0 Å². The molecule has 0 amide bonds. The zero-order valence-corrected chi connectivity index (χ0v) is 16.6. The molecule has 3 aliphatic rings. The van der Waals surface area contributed by atoms with Gasteiger partial charge in [0.1, 0.15) is 0 Å². The second-order valence-corrected chi connectivity index (χ2v) is 8.11. The minimum absolute atomic E-state index is 0.647. The van der Waals surface area contributed by atoms with Crippen LogP contribution in [-0.2, 0) is 4.74 Å². The van der Waals surface area contributed by atoms with E-state index in [1.807, 2.05) is 0 Å². The van der Waals surface area contributed by atoms with Crippen LogP contribution in [-0.4, -0.2) is 91.4 Å². The summed E-state index contributed by atoms with van der Waals surface area (Å²) < 4.78 is 5.41. The third-order valence-electron chi connectivity index (χ3n) is 5.90. The fourth-order valence-corrected chi connectivity index (χ4v) is 4.67. The number of nitrogens with one attached hydrogen (secondary N) is 1. The van der Waals surface area contributed by atoms with Crippen molar-refractivity contribution in [3.63, 3.8) is 0 Å². The first-order chi connectivity index (χ1) is 12.3. The van der Waals surface area contributed by atoms with Crippen molar-refractivity contribution >= 4 is 17.3 Å². The van der Waals surface area contributed by atoms with Crippen LogP contribution in [0.15, 0.2) is 0 Å². The first kappa shape index (κ1) is 19.3. The van der Waals surface area contributed by atoms with Gasteiger partial charge in [0.25, 0.3) is 0 Å². The highest BCUT2D eigenvalue weighted by Crippen LogP contribution is 2.21. The molecule has 0 aromatic heterocycles. The summed E-state index contributed by atoms with van der Waals surface area (Å²) in [5, 5.41) is 4.53. The maximum absolute atomic E-state index is 5.74. The van der Waals surface area contributed by atoms with Gasteiger partial charge in [0, 0.05) is 38.8 Å². The van der Waals surface area contributed by atoms with E-state index in [2.05, 4.69) is 20.0 Å². The minimum Gasteiger partial charge on any atom is -0.379 e. The molecular formula is C19H36N4OS. The van der Waals surface area contributed by atoms with Crippen molar-refractivity contribution < 1.29 is 4.74 Å². The molecule has 0 bridgehead atoms. The zero-order chi connectivity index (χ0) is 17.3. The molecule has 3 aliphatic heterocycles. The number of ether oxygens (including phenoxy) is 1. The Bertz CT molecular complexity index is 397. The lowest BCUT2D eigenvalue weighted by atomic mass is 9.99. The van der Waals surface area contributed by atoms with Gasteiger partial charge < -0.3 is 19.9 Å². The van der Waals surface area contributed by atoms with Gasteiger partial charge in [-0.05, 0) is 76.8 Å². The molecule has 5 nitrogen and oxygen atoms in total. The monoisotopic (exact) mass is 368 g/mol. The molecule has 1 unspecified atom stereocenters. The number of thiocarbonyl (C=S) groups is 1. The summed E-state index contributed by atoms with van der Waals surface area (Å²) in [7, 11) is 0. The Labute approximate surface area is 159 Å². The van der Waals surface area contributed by atoms with Gasteiger partial charge in [-0.15, -0.1) is 0 Å². The summed E-state index contributed by atoms with van der Waals surface area (Å²) in [6.07, 6.45) is 9.16. The highest BCUT2D eigenvalue weighted by Gasteiger charge is 2.25. The maximum atomic E-state index is 5.74. The second kappa shape index (κ2) is 10.7. The number of hydrogen-bond donors (Lipinski definition) is 1. The van der Waals surface area contributed by atoms with Crippen molar-refractivity contribution in [3.05, 3.63) is 0 Å². The van der Waals surface area contributed by atoms with Crippen LogP contribution in [0.3, 0.4) is 0 Å². The predicted octanol–water partition coefficient (Wildman–Crippen LogP) is 1.92. The molecule has 0 spiro atoms. The largest absolute Gasteiger partial charge is 0.379 e. The molecule has 0 aromatic rings. The van der Waals surface area contributed by atoms with Crippen LogP contribution in [0.4, 0.5) is 0 Å². The minimum atomic E-state index is 0.647. The number of hydrogen-bond acceptors (Lipinski definition) is 4. The normalized spacial score (nSPS) is 26.1. The summed E-state index contributed by atoms with van der Waals surface area (Å²) in [4.78, 5) is 7.61. The highest BCUT2D eigenvalue weighted by molar-refractivity contribution is 7.80. The Hall–Kier alpha value is -0.430. The van der Waals surface area contributed by atoms with Crippen LogP contribution in [0.2, 0.25) is 0 Å². The van der Waals surface area contributed by atoms with Crippen molar-refractivity contribution in [1.82, 2.24) is 20.0 Å². The van der Waals surface area contributed by atoms with Gasteiger partial charge in [0.15, 0.2) is 5.11 Å². The molecule has 0 saturated carbocycles. The lowest BCUT2D eigenvalue weighted by Gasteiger charge is -2.38. The van der Waals surface area contributed by atoms with Crippen LogP contribution >= 0.6 is 12.2 Å². The van der Waals surface area contributed by atoms with Gasteiger partial charge in [-0.1, -0.05) is 0 Å². The van der Waals surface area contributed by atoms with E-state index in [-0.39, 0.29) is 0 Å². The van der Waals surface area contributed by atoms with Gasteiger partial charge in [-0.3, -0.25) is 4.90 Å². The van der Waals surface area contributed by atoms with Crippen molar-refractivity contribution in [2.75, 3.05) is 65.6 Å². The molecule has 3 rings (SSSR count). The van der Waals surface area contributed by atoms with E-state index in [1.54, 1.807) is 0 Å². The first-order valence-electron chi connectivity index (χ1n) is 10.4. The summed E-state index contributed by atoms with van der Waals surface area (Å²) >= 11 is 5.74. The Morgan fingerprint density at radius 2 is 1.64 bits per heavy atom. The molecule has 3 saturated heterocycles. The fraction of sp³-hybridized carbons (Fsp3) is 0.947. The molecule has 0 radical (unpaired) electrons. The van der Waals surface area contributed by atoms with E-state index >= 15 is 0 Å². The van der Waals surface area contributed by atoms with E-state index in [4.69, 9.17) is 17.0 Å². The van der Waals surface area contributed by atoms with Gasteiger partial charge >= 0.3 is 0 Å². The highest BCUT2D eigenvalue weighted by atomic mass is 32.1. The van der Waals surface area contributed by atoms with Crippen LogP contribution in [0.25, 0.3) is 0 Å². The van der Waals surface area contributed by atoms with E-state index in [9.17, 15) is 0 Å². The summed E-state index contributed by atoms with van der Waals surface area (Å²) in [5.41, 5.74) is 0. The van der Waals surface area contributed by atoms with Crippen molar-refractivity contribution in [1.29, 1.82) is 0 Å². The van der Waals surface area contributed by atoms with Crippen LogP contribution < -0.4 is 5.32 Å². The summed E-state index contributed by atoms with van der Waals surface area (Å²) in [6.45, 7) is 11.1. The Morgan fingerprint density at radius 1 is 0.920 bits per heavy atom. The first-order valence-corrected chi connectivity index (χ1v) is 10.8. The molecule has 3 fully saturated rings. The fourth-order valence-electron chi connectivity index (χ4n) is 4.33. The van der Waals surface area contributed by atoms with Gasteiger partial charge in [-0.25, -0.2) is 0 Å². The second-order valence-electron chi connectivity index (χ2n) is 7.72. The molecule has 1 N–H and O–H groups in total. The number of piperidine rings is 1. The Kier molecular flexibility index (Phi) is 8.24. The van der Waals surface area contributed by atoms with Crippen LogP contribution in [0, 0.1) is 0 Å². The zero-order valence-electron chi connectivity index (χ0n) is 15.8. The average molecular weight is 369 g/mol. The third kappa shape index (κ3) is 6.35. The average Bonchev–Trinajstić information content (AvgIpc) is 3.18. The molecule has 6 heteroatoms. The van der Waals surface area contributed by atoms with Gasteiger partial charge in [-0.2, -0.15) is 0 Å². The van der Waals surface area contributed by atoms with Crippen LogP contribution in [0.5, 0.6) is 0 Å². The molecule has 144 valence electrons. The van der Waals surface area contributed by atoms with Crippen molar-refractivity contribution in [3.8, 4) is 0 Å². The smallest absolute Gasteiger partial charge is 0.169 e. The predicted molar refractivity (Wildman–Crippen MR) is 107 cm³/mol. The molecular weight excluding hydrogens is 332 g/mol. The van der Waals surface area contributed by atoms with E-state index in [0.717, 1.165) is 57.5 Å². The molecule has 25 heavy (non-hydrogen) atoms. The molecule has 0 aromatic carbocycles. The third-order valence-corrected chi connectivity index (χ3v) is 6.28. The Morgan fingerprint density at radius 3 is 2.44 bits per heavy atom. The topological polar surface area (TPSA) is 31.0 Å². The number of nitrogens with zero attached hydrogens (tertiary/aromatic N) is 3. The summed E-state index contributed by atoms with van der Waals surface area (Å²) in [6, 6.07) is 0.647. The molecule has 3 heterocycles. The Balaban J connectivity index is 1.34. The van der Waals surface area contributed by atoms with E-state index in [0.29, 0.717) is 6.04 Å². The van der Waals surface area contributed by atoms with Crippen LogP contribution in [0.1, 0.15) is 44.9 Å². The van der Waals surface area contributed by atoms with E-state index in [1.165, 1.54) is 58.2 Å². The summed E-state index contributed by atoms with van der Waals surface area (Å²) in [5.74, 6) is 0. The molecule has 1 atom stereocenters. The maximum Gasteiger partial charge on any atom is 0.169 e. The van der Waals surface area contributed by atoms with Gasteiger partial charge in [0.05, 0.1) is 13.2 Å². The lowest BCUT2D eigenvalue weighted by Crippen LogP contribution is -2.49. The standard InChI is InChI=1S/C19H36N4OS/c25-19(20-8-5-11-22-14-16-24-17-15-22)23-12-2-1-6-18(23)7-13-21-9-3-4-10-21/h18H,1-17H2,(H,20,25). The number of morpholine rings is 1. The van der Waals surface area contributed by atoms with Crippen molar-refractivity contribution in [2.45, 2.75) is 51.0 Å². The van der Waals surface area contributed by atoms with E-state index < -0.39 is 0 Å².